The van der Waals surface area contributed by atoms with E-state index in [9.17, 15) is 4.79 Å². The molecular formula is C16H23N3O2. The number of hydrogen-bond acceptors (Lipinski definition) is 4. The fourth-order valence-corrected chi connectivity index (χ4v) is 2.99. The van der Waals surface area contributed by atoms with Crippen molar-refractivity contribution in [3.8, 4) is 0 Å². The van der Waals surface area contributed by atoms with Crippen molar-refractivity contribution >= 4 is 5.91 Å². The summed E-state index contributed by atoms with van der Waals surface area (Å²) in [6.45, 7) is 3.37. The molecule has 3 heterocycles. The lowest BCUT2D eigenvalue weighted by molar-refractivity contribution is 0.0642. The number of nitrogens with zero attached hydrogens (tertiary/aromatic N) is 1. The molecule has 2 aliphatic heterocycles. The highest BCUT2D eigenvalue weighted by Crippen LogP contribution is 2.21. The van der Waals surface area contributed by atoms with Crippen LogP contribution in [-0.4, -0.2) is 37.2 Å². The zero-order valence-electron chi connectivity index (χ0n) is 12.3. The molecule has 0 spiro atoms. The summed E-state index contributed by atoms with van der Waals surface area (Å²) in [5, 5.41) is 6.42. The smallest absolute Gasteiger partial charge is 0.269 e. The van der Waals surface area contributed by atoms with Crippen LogP contribution in [0.15, 0.2) is 18.2 Å². The zero-order chi connectivity index (χ0) is 14.5. The summed E-state index contributed by atoms with van der Waals surface area (Å²) < 4.78 is 5.33. The third-order valence-electron chi connectivity index (χ3n) is 4.31. The summed E-state index contributed by atoms with van der Waals surface area (Å²) in [4.78, 5) is 16.7. The second-order valence-electron chi connectivity index (χ2n) is 5.86. The van der Waals surface area contributed by atoms with E-state index in [1.165, 1.54) is 6.42 Å². The van der Waals surface area contributed by atoms with Crippen molar-refractivity contribution in [2.45, 2.75) is 31.7 Å². The van der Waals surface area contributed by atoms with Gasteiger partial charge in [-0.05, 0) is 50.3 Å². The first kappa shape index (κ1) is 14.5. The van der Waals surface area contributed by atoms with E-state index >= 15 is 0 Å². The van der Waals surface area contributed by atoms with Crippen LogP contribution in [0.1, 0.15) is 47.9 Å². The van der Waals surface area contributed by atoms with Crippen LogP contribution in [0.5, 0.6) is 0 Å². The molecule has 114 valence electrons. The Labute approximate surface area is 125 Å². The Balaban J connectivity index is 1.57. The van der Waals surface area contributed by atoms with Gasteiger partial charge in [0, 0.05) is 25.8 Å². The first-order valence-electron chi connectivity index (χ1n) is 7.89. The number of nitrogens with one attached hydrogen (secondary N) is 2. The van der Waals surface area contributed by atoms with Gasteiger partial charge in [0.1, 0.15) is 5.69 Å². The predicted octanol–water partition coefficient (Wildman–Crippen LogP) is 1.66. The summed E-state index contributed by atoms with van der Waals surface area (Å²) in [6.07, 6.45) is 4.33. The predicted molar refractivity (Wildman–Crippen MR) is 80.1 cm³/mol. The first-order chi connectivity index (χ1) is 10.3. The second kappa shape index (κ2) is 7.00. The number of carbonyl (C=O) groups is 1. The number of hydrogen-bond donors (Lipinski definition) is 2. The maximum absolute atomic E-state index is 12.2. The second-order valence-corrected chi connectivity index (χ2v) is 5.86. The highest BCUT2D eigenvalue weighted by atomic mass is 16.5. The van der Waals surface area contributed by atoms with Gasteiger partial charge in [-0.1, -0.05) is 6.07 Å². The molecule has 2 fully saturated rings. The highest BCUT2D eigenvalue weighted by Gasteiger charge is 2.19. The molecule has 21 heavy (non-hydrogen) atoms. The molecule has 0 radical (unpaired) electrons. The van der Waals surface area contributed by atoms with Crippen LogP contribution in [0, 0.1) is 5.92 Å². The van der Waals surface area contributed by atoms with Gasteiger partial charge in [-0.25, -0.2) is 4.98 Å². The molecule has 2 aliphatic rings. The van der Waals surface area contributed by atoms with E-state index in [0.717, 1.165) is 51.3 Å². The summed E-state index contributed by atoms with van der Waals surface area (Å²) >= 11 is 0. The Hall–Kier alpha value is -1.46. The maximum atomic E-state index is 12.2. The third-order valence-corrected chi connectivity index (χ3v) is 4.31. The molecule has 1 aromatic heterocycles. The summed E-state index contributed by atoms with van der Waals surface area (Å²) in [6, 6.07) is 6.01. The van der Waals surface area contributed by atoms with E-state index in [0.29, 0.717) is 17.7 Å². The molecule has 1 aromatic rings. The Morgan fingerprint density at radius 3 is 2.95 bits per heavy atom. The van der Waals surface area contributed by atoms with Crippen molar-refractivity contribution in [3.63, 3.8) is 0 Å². The zero-order valence-corrected chi connectivity index (χ0v) is 12.3. The fraction of sp³-hybridized carbons (Fsp3) is 0.625. The van der Waals surface area contributed by atoms with Crippen LogP contribution in [0.25, 0.3) is 0 Å². The van der Waals surface area contributed by atoms with Gasteiger partial charge in [0.2, 0.25) is 0 Å². The van der Waals surface area contributed by atoms with E-state index in [4.69, 9.17) is 4.74 Å². The van der Waals surface area contributed by atoms with Gasteiger partial charge < -0.3 is 15.4 Å². The van der Waals surface area contributed by atoms with Crippen molar-refractivity contribution in [2.75, 3.05) is 26.3 Å². The number of amides is 1. The van der Waals surface area contributed by atoms with E-state index in [1.54, 1.807) is 6.07 Å². The van der Waals surface area contributed by atoms with Crippen LogP contribution in [-0.2, 0) is 4.74 Å². The lowest BCUT2D eigenvalue weighted by Crippen LogP contribution is -2.32. The van der Waals surface area contributed by atoms with Crippen molar-refractivity contribution in [2.24, 2.45) is 5.92 Å². The molecule has 2 saturated heterocycles. The van der Waals surface area contributed by atoms with Crippen molar-refractivity contribution in [3.05, 3.63) is 29.6 Å². The first-order valence-corrected chi connectivity index (χ1v) is 7.89. The number of pyridine rings is 1. The molecule has 0 bridgehead atoms. The molecule has 0 aliphatic carbocycles. The maximum Gasteiger partial charge on any atom is 0.269 e. The van der Waals surface area contributed by atoms with Crippen molar-refractivity contribution in [1.82, 2.24) is 15.6 Å². The van der Waals surface area contributed by atoms with Gasteiger partial charge >= 0.3 is 0 Å². The molecule has 5 nitrogen and oxygen atoms in total. The van der Waals surface area contributed by atoms with E-state index in [2.05, 4.69) is 15.6 Å². The molecule has 5 heteroatoms. The van der Waals surface area contributed by atoms with Gasteiger partial charge in [-0.15, -0.1) is 0 Å². The fourth-order valence-electron chi connectivity index (χ4n) is 2.99. The largest absolute Gasteiger partial charge is 0.381 e. The van der Waals surface area contributed by atoms with Gasteiger partial charge in [0.25, 0.3) is 5.91 Å². The number of aromatic nitrogens is 1. The number of rotatable bonds is 4. The van der Waals surface area contributed by atoms with Crippen LogP contribution in [0.3, 0.4) is 0 Å². The van der Waals surface area contributed by atoms with Crippen LogP contribution < -0.4 is 10.6 Å². The standard InChI is InChI=1S/C16H23N3O2/c20-16(18-11-12-6-9-21-10-7-12)15-4-1-3-14(19-15)13-5-2-8-17-13/h1,3-4,12-13,17H,2,5-11H2,(H,18,20)/t13-/m1/s1. The Kier molecular flexibility index (Phi) is 4.83. The summed E-state index contributed by atoms with van der Waals surface area (Å²) in [5.41, 5.74) is 1.50. The molecule has 0 saturated carbocycles. The van der Waals surface area contributed by atoms with Crippen molar-refractivity contribution < 1.29 is 9.53 Å². The van der Waals surface area contributed by atoms with Crippen LogP contribution in [0.2, 0.25) is 0 Å². The topological polar surface area (TPSA) is 63.2 Å². The molecule has 1 atom stereocenters. The van der Waals surface area contributed by atoms with E-state index in [1.807, 2.05) is 12.1 Å². The monoisotopic (exact) mass is 289 g/mol. The summed E-state index contributed by atoms with van der Waals surface area (Å²) in [7, 11) is 0. The normalized spacial score (nSPS) is 23.1. The molecule has 0 unspecified atom stereocenters. The average Bonchev–Trinajstić information content (AvgIpc) is 3.08. The van der Waals surface area contributed by atoms with Crippen molar-refractivity contribution in [1.29, 1.82) is 0 Å². The minimum Gasteiger partial charge on any atom is -0.381 e. The molecule has 3 rings (SSSR count). The third kappa shape index (κ3) is 3.80. The van der Waals surface area contributed by atoms with Gasteiger partial charge in [0.05, 0.1) is 5.69 Å². The molecule has 2 N–H and O–H groups in total. The van der Waals surface area contributed by atoms with E-state index in [-0.39, 0.29) is 5.91 Å². The average molecular weight is 289 g/mol. The Bertz CT molecular complexity index is 480. The molecular weight excluding hydrogens is 266 g/mol. The van der Waals surface area contributed by atoms with Gasteiger partial charge in [0.15, 0.2) is 0 Å². The Morgan fingerprint density at radius 1 is 1.33 bits per heavy atom. The highest BCUT2D eigenvalue weighted by molar-refractivity contribution is 5.92. The molecule has 0 aromatic carbocycles. The number of carbonyl (C=O) groups excluding carboxylic acids is 1. The van der Waals surface area contributed by atoms with Gasteiger partial charge in [-0.3, -0.25) is 4.79 Å². The Morgan fingerprint density at radius 2 is 2.19 bits per heavy atom. The van der Waals surface area contributed by atoms with Crippen LogP contribution in [0.4, 0.5) is 0 Å². The van der Waals surface area contributed by atoms with Gasteiger partial charge in [-0.2, -0.15) is 0 Å². The number of ether oxygens (including phenoxy) is 1. The molecule has 1 amide bonds. The van der Waals surface area contributed by atoms with Crippen LogP contribution >= 0.6 is 0 Å². The van der Waals surface area contributed by atoms with E-state index < -0.39 is 0 Å². The minimum atomic E-state index is -0.0682. The summed E-state index contributed by atoms with van der Waals surface area (Å²) in [5.74, 6) is 0.462. The lowest BCUT2D eigenvalue weighted by Gasteiger charge is -2.22. The SMILES string of the molecule is O=C(NCC1CCOCC1)c1cccc([C@H]2CCCN2)n1. The quantitative estimate of drug-likeness (QED) is 0.885. The minimum absolute atomic E-state index is 0.0682. The lowest BCUT2D eigenvalue weighted by atomic mass is 10.0.